The summed E-state index contributed by atoms with van der Waals surface area (Å²) in [6, 6.07) is 12.7. The Balaban J connectivity index is 1.42. The van der Waals surface area contributed by atoms with Gasteiger partial charge in [-0.05, 0) is 47.7 Å². The van der Waals surface area contributed by atoms with Crippen molar-refractivity contribution in [3.63, 3.8) is 0 Å². The zero-order chi connectivity index (χ0) is 23.2. The van der Waals surface area contributed by atoms with Gasteiger partial charge in [-0.25, -0.2) is 14.4 Å². The summed E-state index contributed by atoms with van der Waals surface area (Å²) in [6.45, 7) is 0.565. The largest absolute Gasteiger partial charge is 0.493 e. The van der Waals surface area contributed by atoms with Gasteiger partial charge in [0, 0.05) is 28.3 Å². The van der Waals surface area contributed by atoms with Crippen LogP contribution in [0.1, 0.15) is 12.0 Å². The molecule has 0 aliphatic rings. The van der Waals surface area contributed by atoms with Gasteiger partial charge >= 0.3 is 5.97 Å². The second-order valence-corrected chi connectivity index (χ2v) is 8.14. The third-order valence-electron chi connectivity index (χ3n) is 5.05. The van der Waals surface area contributed by atoms with Gasteiger partial charge in [-0.15, -0.1) is 11.3 Å². The molecule has 0 saturated carbocycles. The van der Waals surface area contributed by atoms with E-state index in [4.69, 9.17) is 14.6 Å². The normalized spacial score (nSPS) is 10.8. The van der Waals surface area contributed by atoms with Crippen LogP contribution >= 0.6 is 11.3 Å². The van der Waals surface area contributed by atoms with Gasteiger partial charge in [0.2, 0.25) is 0 Å². The van der Waals surface area contributed by atoms with Gasteiger partial charge in [0.1, 0.15) is 18.0 Å². The summed E-state index contributed by atoms with van der Waals surface area (Å²) < 4.78 is 26.5. The molecule has 0 fully saturated rings. The topological polar surface area (TPSA) is 93.6 Å². The van der Waals surface area contributed by atoms with E-state index in [2.05, 4.69) is 15.3 Å². The second kappa shape index (κ2) is 10.3. The van der Waals surface area contributed by atoms with Crippen molar-refractivity contribution in [2.75, 3.05) is 25.6 Å². The smallest absolute Gasteiger partial charge is 0.306 e. The molecule has 0 saturated heterocycles. The molecule has 0 spiro atoms. The highest BCUT2D eigenvalue weighted by Gasteiger charge is 2.11. The lowest BCUT2D eigenvalue weighted by Crippen LogP contribution is -2.08. The fraction of sp³-hybridized carbons (Fsp3) is 0.208. The Morgan fingerprint density at radius 2 is 2.03 bits per heavy atom. The van der Waals surface area contributed by atoms with Crippen LogP contribution in [0.4, 0.5) is 10.2 Å². The number of fused-ring (bicyclic) bond motifs is 1. The summed E-state index contributed by atoms with van der Waals surface area (Å²) in [4.78, 5) is 19.3. The van der Waals surface area contributed by atoms with Crippen LogP contribution in [0.5, 0.6) is 11.5 Å². The monoisotopic (exact) mass is 467 g/mol. The summed E-state index contributed by atoms with van der Waals surface area (Å²) in [5.74, 6) is 0.459. The molecular formula is C24H22FN3O4S. The summed E-state index contributed by atoms with van der Waals surface area (Å²) in [5, 5.41) is 14.5. The molecule has 7 nitrogen and oxygen atoms in total. The van der Waals surface area contributed by atoms with Crippen molar-refractivity contribution in [3.8, 4) is 22.8 Å². The molecule has 0 unspecified atom stereocenters. The SMILES string of the molecule is COc1cc(-c2cc(NCCc3ccc4sccc4c3F)ncn2)ccc1OCCC(=O)O. The number of carboxylic acids is 1. The number of halogens is 1. The Hall–Kier alpha value is -3.72. The van der Waals surface area contributed by atoms with Crippen LogP contribution in [0, 0.1) is 5.82 Å². The lowest BCUT2D eigenvalue weighted by molar-refractivity contribution is -0.137. The number of aromatic nitrogens is 2. The van der Waals surface area contributed by atoms with E-state index in [1.165, 1.54) is 24.8 Å². The lowest BCUT2D eigenvalue weighted by atomic mass is 10.1. The van der Waals surface area contributed by atoms with E-state index < -0.39 is 5.97 Å². The lowest BCUT2D eigenvalue weighted by Gasteiger charge is -2.12. The molecule has 9 heteroatoms. The standard InChI is InChI=1S/C24H22FN3O4S/c1-31-20-12-16(2-4-19(20)32-10-7-23(29)30)18-13-22(28-14-27-18)26-9-6-15-3-5-21-17(24(15)25)8-11-33-21/h2-5,8,11-14H,6-7,9-10H2,1H3,(H,29,30)(H,26,27,28). The highest BCUT2D eigenvalue weighted by molar-refractivity contribution is 7.17. The average molecular weight is 468 g/mol. The highest BCUT2D eigenvalue weighted by atomic mass is 32.1. The summed E-state index contributed by atoms with van der Waals surface area (Å²) >= 11 is 1.53. The van der Waals surface area contributed by atoms with Crippen molar-refractivity contribution in [3.05, 3.63) is 65.6 Å². The number of benzene rings is 2. The van der Waals surface area contributed by atoms with Gasteiger partial charge in [-0.2, -0.15) is 0 Å². The Labute approximate surface area is 193 Å². The molecule has 0 bridgehead atoms. The Kier molecular flexibility index (Phi) is 6.99. The number of carboxylic acid groups (broad SMARTS) is 1. The molecule has 2 heterocycles. The van der Waals surface area contributed by atoms with E-state index in [9.17, 15) is 9.18 Å². The number of ether oxygens (including phenoxy) is 2. The molecule has 33 heavy (non-hydrogen) atoms. The van der Waals surface area contributed by atoms with Crippen molar-refractivity contribution >= 4 is 33.2 Å². The van der Waals surface area contributed by atoms with Crippen LogP contribution < -0.4 is 14.8 Å². The molecule has 0 radical (unpaired) electrons. The van der Waals surface area contributed by atoms with Crippen LogP contribution in [-0.2, 0) is 11.2 Å². The zero-order valence-corrected chi connectivity index (χ0v) is 18.7. The first-order valence-electron chi connectivity index (χ1n) is 10.3. The average Bonchev–Trinajstić information content (AvgIpc) is 3.30. The van der Waals surface area contributed by atoms with Gasteiger partial charge in [0.15, 0.2) is 11.5 Å². The van der Waals surface area contributed by atoms with E-state index in [1.54, 1.807) is 24.3 Å². The molecule has 0 aliphatic heterocycles. The van der Waals surface area contributed by atoms with Crippen LogP contribution in [-0.4, -0.2) is 41.3 Å². The number of rotatable bonds is 10. The van der Waals surface area contributed by atoms with Crippen molar-refractivity contribution in [1.82, 2.24) is 9.97 Å². The molecule has 0 amide bonds. The summed E-state index contributed by atoms with van der Waals surface area (Å²) in [6.07, 6.45) is 1.88. The first kappa shape index (κ1) is 22.5. The Morgan fingerprint density at radius 3 is 2.85 bits per heavy atom. The van der Waals surface area contributed by atoms with Crippen LogP contribution in [0.3, 0.4) is 0 Å². The fourth-order valence-electron chi connectivity index (χ4n) is 3.38. The maximum absolute atomic E-state index is 14.6. The minimum atomic E-state index is -0.929. The van der Waals surface area contributed by atoms with E-state index >= 15 is 0 Å². The van der Waals surface area contributed by atoms with Gasteiger partial charge in [0.25, 0.3) is 0 Å². The number of nitrogens with one attached hydrogen (secondary N) is 1. The zero-order valence-electron chi connectivity index (χ0n) is 17.9. The quantitative estimate of drug-likeness (QED) is 0.338. The van der Waals surface area contributed by atoms with Crippen molar-refractivity contribution < 1.29 is 23.8 Å². The Bertz CT molecular complexity index is 1280. The fourth-order valence-corrected chi connectivity index (χ4v) is 4.16. The number of hydrogen-bond acceptors (Lipinski definition) is 7. The summed E-state index contributed by atoms with van der Waals surface area (Å²) in [5.41, 5.74) is 2.12. The molecule has 0 atom stereocenters. The third kappa shape index (κ3) is 5.38. The molecular weight excluding hydrogens is 445 g/mol. The minimum absolute atomic E-state index is 0.0482. The number of carbonyl (C=O) groups is 1. The predicted octanol–water partition coefficient (Wildman–Crippen LogP) is 5.01. The highest BCUT2D eigenvalue weighted by Crippen LogP contribution is 2.32. The van der Waals surface area contributed by atoms with Crippen LogP contribution in [0.15, 0.2) is 54.2 Å². The summed E-state index contributed by atoms with van der Waals surface area (Å²) in [7, 11) is 1.52. The number of thiophene rings is 1. The molecule has 2 aromatic heterocycles. The molecule has 2 aromatic carbocycles. The van der Waals surface area contributed by atoms with Crippen LogP contribution in [0.25, 0.3) is 21.3 Å². The van der Waals surface area contributed by atoms with Gasteiger partial charge in [-0.3, -0.25) is 4.79 Å². The van der Waals surface area contributed by atoms with Gasteiger partial charge in [-0.1, -0.05) is 6.07 Å². The first-order chi connectivity index (χ1) is 16.0. The number of nitrogens with zero attached hydrogens (tertiary/aromatic N) is 2. The Morgan fingerprint density at radius 1 is 1.15 bits per heavy atom. The van der Waals surface area contributed by atoms with E-state index in [0.29, 0.717) is 46.9 Å². The van der Waals surface area contributed by atoms with Crippen molar-refractivity contribution in [2.24, 2.45) is 0 Å². The molecule has 170 valence electrons. The maximum atomic E-state index is 14.6. The number of aliphatic carboxylic acids is 1. The molecule has 2 N–H and O–H groups in total. The van der Waals surface area contributed by atoms with Gasteiger partial charge < -0.3 is 19.9 Å². The molecule has 0 aliphatic carbocycles. The number of methoxy groups -OCH3 is 1. The van der Waals surface area contributed by atoms with E-state index in [0.717, 1.165) is 10.3 Å². The number of hydrogen-bond donors (Lipinski definition) is 2. The molecule has 4 rings (SSSR count). The molecule has 4 aromatic rings. The van der Waals surface area contributed by atoms with Crippen molar-refractivity contribution in [1.29, 1.82) is 0 Å². The number of anilines is 1. The van der Waals surface area contributed by atoms with Crippen LogP contribution in [0.2, 0.25) is 0 Å². The third-order valence-corrected chi connectivity index (χ3v) is 5.93. The maximum Gasteiger partial charge on any atom is 0.306 e. The van der Waals surface area contributed by atoms with E-state index in [1.807, 2.05) is 23.6 Å². The van der Waals surface area contributed by atoms with E-state index in [-0.39, 0.29) is 18.8 Å². The minimum Gasteiger partial charge on any atom is -0.493 e. The van der Waals surface area contributed by atoms with Crippen molar-refractivity contribution in [2.45, 2.75) is 12.8 Å². The predicted molar refractivity (Wildman–Crippen MR) is 126 cm³/mol. The second-order valence-electron chi connectivity index (χ2n) is 7.19. The first-order valence-corrected chi connectivity index (χ1v) is 11.2. The van der Waals surface area contributed by atoms with Gasteiger partial charge in [0.05, 0.1) is 25.8 Å².